The number of imidazole rings is 1. The quantitative estimate of drug-likeness (QED) is 0.135. The number of anilines is 6. The molecule has 2 heterocycles. The number of nitrogens with zero attached hydrogens (tertiary/aromatic N) is 5. The van der Waals surface area contributed by atoms with Crippen LogP contribution in [0.1, 0.15) is 0 Å². The summed E-state index contributed by atoms with van der Waals surface area (Å²) in [4.78, 5) is 10.0. The zero-order chi connectivity index (χ0) is 50.1. The molecule has 15 aromatic rings. The molecule has 0 bridgehead atoms. The Kier molecular flexibility index (Phi) is 10.1. The van der Waals surface area contributed by atoms with Crippen LogP contribution >= 0.6 is 0 Å². The van der Waals surface area contributed by atoms with Crippen molar-refractivity contribution in [3.05, 3.63) is 285 Å². The van der Waals surface area contributed by atoms with Gasteiger partial charge in [0.25, 0.3) is 0 Å². The molecule has 0 saturated heterocycles. The number of rotatable bonds is 9. The summed E-state index contributed by atoms with van der Waals surface area (Å²) in [6.45, 7) is 0. The highest BCUT2D eigenvalue weighted by molar-refractivity contribution is 6.13. The first-order valence-corrected chi connectivity index (χ1v) is 25.9. The van der Waals surface area contributed by atoms with Crippen molar-refractivity contribution in [2.75, 3.05) is 9.80 Å². The molecule has 0 aliphatic rings. The molecule has 356 valence electrons. The smallest absolute Gasteiger partial charge is 0.145 e. The first kappa shape index (κ1) is 43.4. The second-order valence-corrected chi connectivity index (χ2v) is 19.6. The second kappa shape index (κ2) is 17.8. The zero-order valence-corrected chi connectivity index (χ0v) is 41.4. The van der Waals surface area contributed by atoms with Gasteiger partial charge in [-0.05, 0) is 154 Å². The summed E-state index contributed by atoms with van der Waals surface area (Å²) in [5.41, 5.74) is 14.2. The molecule has 5 nitrogen and oxygen atoms in total. The Labute approximate surface area is 439 Å². The van der Waals surface area contributed by atoms with Crippen molar-refractivity contribution in [3.8, 4) is 22.8 Å². The average molecular weight is 970 g/mol. The number of aromatic nitrogens is 3. The Morgan fingerprint density at radius 3 is 1.36 bits per heavy atom. The Hall–Kier alpha value is -10.2. The van der Waals surface area contributed by atoms with E-state index in [-0.39, 0.29) is 0 Å². The van der Waals surface area contributed by atoms with Gasteiger partial charge < -0.3 is 14.4 Å². The standard InChI is InChI=1S/C71H47N5/c1-3-21-53(22-4-1)75-68-29-13-11-27-63(68)64-47-58(41-44-69(64)75)74(67-32-16-20-49-18-8-10-26-62(49)67)57-40-43-60-52(46-57)34-33-51-45-56(39-42-59(51)60)73(66-31-15-19-48-17-7-9-25-61(48)66)55-37-35-50(36-38-55)71-72-65-28-12-14-30-70(65)76(71)54-23-5-2-6-24-54/h1-47H. The van der Waals surface area contributed by atoms with Crippen molar-refractivity contribution >= 4 is 110 Å². The molecule has 76 heavy (non-hydrogen) atoms. The number of hydrogen-bond donors (Lipinski definition) is 0. The van der Waals surface area contributed by atoms with E-state index in [0.717, 1.165) is 67.9 Å². The molecule has 2 aromatic heterocycles. The van der Waals surface area contributed by atoms with Gasteiger partial charge in [-0.1, -0.05) is 164 Å². The van der Waals surface area contributed by atoms with Gasteiger partial charge in [-0.3, -0.25) is 4.57 Å². The molecule has 0 amide bonds. The van der Waals surface area contributed by atoms with Crippen molar-refractivity contribution in [1.29, 1.82) is 0 Å². The predicted octanol–water partition coefficient (Wildman–Crippen LogP) is 19.3. The van der Waals surface area contributed by atoms with Gasteiger partial charge in [-0.15, -0.1) is 0 Å². The minimum atomic E-state index is 0.907. The van der Waals surface area contributed by atoms with E-state index >= 15 is 0 Å². The highest BCUT2D eigenvalue weighted by Gasteiger charge is 2.22. The number of benzene rings is 13. The molecule has 15 rings (SSSR count). The largest absolute Gasteiger partial charge is 0.310 e. The van der Waals surface area contributed by atoms with Gasteiger partial charge in [0.2, 0.25) is 0 Å². The van der Waals surface area contributed by atoms with Gasteiger partial charge in [0, 0.05) is 61.2 Å². The summed E-state index contributed by atoms with van der Waals surface area (Å²) in [6.07, 6.45) is 0. The molecule has 0 radical (unpaired) electrons. The normalized spacial score (nSPS) is 11.7. The van der Waals surface area contributed by atoms with E-state index in [9.17, 15) is 0 Å². The topological polar surface area (TPSA) is 29.2 Å². The third-order valence-electron chi connectivity index (χ3n) is 15.2. The lowest BCUT2D eigenvalue weighted by Gasteiger charge is -2.28. The van der Waals surface area contributed by atoms with Crippen molar-refractivity contribution in [2.45, 2.75) is 0 Å². The number of para-hydroxylation sites is 5. The Bertz CT molecular complexity index is 4700. The maximum absolute atomic E-state index is 5.18. The fourth-order valence-electron chi connectivity index (χ4n) is 11.8. The van der Waals surface area contributed by atoms with Crippen LogP contribution in [-0.2, 0) is 0 Å². The molecule has 5 heteroatoms. The first-order valence-electron chi connectivity index (χ1n) is 25.9. The van der Waals surface area contributed by atoms with Crippen LogP contribution in [0.3, 0.4) is 0 Å². The highest BCUT2D eigenvalue weighted by atomic mass is 15.2. The summed E-state index contributed by atoms with van der Waals surface area (Å²) >= 11 is 0. The molecule has 0 saturated carbocycles. The lowest BCUT2D eigenvalue weighted by Crippen LogP contribution is -2.11. The van der Waals surface area contributed by atoms with Crippen LogP contribution in [0.4, 0.5) is 34.1 Å². The maximum Gasteiger partial charge on any atom is 0.145 e. The van der Waals surface area contributed by atoms with Crippen molar-refractivity contribution in [2.24, 2.45) is 0 Å². The van der Waals surface area contributed by atoms with Gasteiger partial charge in [-0.2, -0.15) is 0 Å². The van der Waals surface area contributed by atoms with E-state index in [1.165, 1.54) is 64.9 Å². The third-order valence-corrected chi connectivity index (χ3v) is 15.2. The van der Waals surface area contributed by atoms with E-state index in [1.807, 2.05) is 0 Å². The van der Waals surface area contributed by atoms with E-state index in [1.54, 1.807) is 0 Å². The van der Waals surface area contributed by atoms with Crippen LogP contribution in [-0.4, -0.2) is 14.1 Å². The summed E-state index contributed by atoms with van der Waals surface area (Å²) < 4.78 is 4.64. The summed E-state index contributed by atoms with van der Waals surface area (Å²) in [5, 5.41) is 12.0. The minimum Gasteiger partial charge on any atom is -0.310 e. The van der Waals surface area contributed by atoms with Crippen LogP contribution in [0.25, 0.3) is 98.7 Å². The van der Waals surface area contributed by atoms with Crippen molar-refractivity contribution < 1.29 is 0 Å². The van der Waals surface area contributed by atoms with Gasteiger partial charge in [0.05, 0.1) is 33.4 Å². The first-order chi connectivity index (χ1) is 37.7. The summed E-state index contributed by atoms with van der Waals surface area (Å²) in [6, 6.07) is 103. The van der Waals surface area contributed by atoms with Gasteiger partial charge in [0.15, 0.2) is 0 Å². The summed E-state index contributed by atoms with van der Waals surface area (Å²) in [7, 11) is 0. The Balaban J connectivity index is 0.855. The molecule has 0 fully saturated rings. The van der Waals surface area contributed by atoms with Crippen molar-refractivity contribution in [3.63, 3.8) is 0 Å². The van der Waals surface area contributed by atoms with E-state index < -0.39 is 0 Å². The molecule has 0 aliphatic carbocycles. The lowest BCUT2D eigenvalue weighted by molar-refractivity contribution is 1.10. The number of hydrogen-bond acceptors (Lipinski definition) is 3. The fourth-order valence-corrected chi connectivity index (χ4v) is 11.8. The Morgan fingerprint density at radius 2 is 0.724 bits per heavy atom. The van der Waals surface area contributed by atoms with Crippen LogP contribution in [0.2, 0.25) is 0 Å². The maximum atomic E-state index is 5.18. The average Bonchev–Trinajstić information content (AvgIpc) is 4.06. The van der Waals surface area contributed by atoms with Gasteiger partial charge >= 0.3 is 0 Å². The second-order valence-electron chi connectivity index (χ2n) is 19.6. The zero-order valence-electron chi connectivity index (χ0n) is 41.4. The van der Waals surface area contributed by atoms with Gasteiger partial charge in [-0.25, -0.2) is 4.98 Å². The van der Waals surface area contributed by atoms with Crippen LogP contribution in [0.15, 0.2) is 285 Å². The SMILES string of the molecule is c1ccc(-n2c(-c3ccc(N(c4ccc5c(ccc6cc(N(c7ccc8c(c7)c7ccccc7n8-c7ccccc7)c7cccc8ccccc78)ccc65)c4)c4cccc5ccccc45)cc3)nc3ccccc32)cc1. The molecule has 0 atom stereocenters. The van der Waals surface area contributed by atoms with Crippen LogP contribution in [0, 0.1) is 0 Å². The summed E-state index contributed by atoms with van der Waals surface area (Å²) in [5.74, 6) is 0.907. The Morgan fingerprint density at radius 1 is 0.263 bits per heavy atom. The molecule has 0 unspecified atom stereocenters. The van der Waals surface area contributed by atoms with E-state index in [0.29, 0.717) is 0 Å². The lowest BCUT2D eigenvalue weighted by atomic mass is 9.99. The minimum absolute atomic E-state index is 0.907. The van der Waals surface area contributed by atoms with Gasteiger partial charge in [0.1, 0.15) is 5.82 Å². The molecular formula is C71H47N5. The molecule has 13 aromatic carbocycles. The number of fused-ring (bicyclic) bond motifs is 9. The van der Waals surface area contributed by atoms with Crippen LogP contribution in [0.5, 0.6) is 0 Å². The monoisotopic (exact) mass is 969 g/mol. The molecular weight excluding hydrogens is 923 g/mol. The third kappa shape index (κ3) is 7.13. The predicted molar refractivity (Wildman–Crippen MR) is 320 cm³/mol. The molecule has 0 N–H and O–H groups in total. The molecule has 0 spiro atoms. The van der Waals surface area contributed by atoms with Crippen LogP contribution < -0.4 is 9.80 Å². The molecule has 0 aliphatic heterocycles. The van der Waals surface area contributed by atoms with E-state index in [4.69, 9.17) is 4.98 Å². The van der Waals surface area contributed by atoms with E-state index in [2.05, 4.69) is 304 Å². The van der Waals surface area contributed by atoms with Crippen molar-refractivity contribution in [1.82, 2.24) is 14.1 Å². The highest BCUT2D eigenvalue weighted by Crippen LogP contribution is 2.45. The fraction of sp³-hybridized carbons (Fsp3) is 0.